The second-order valence-electron chi connectivity index (χ2n) is 4.22. The van der Waals surface area contributed by atoms with Gasteiger partial charge in [-0.25, -0.2) is 0 Å². The molecule has 2 N–H and O–H groups in total. The largest absolute Gasteiger partial charge is 0.484 e. The summed E-state index contributed by atoms with van der Waals surface area (Å²) in [6.45, 7) is -0.214. The van der Waals surface area contributed by atoms with E-state index in [1.807, 2.05) is 6.07 Å². The van der Waals surface area contributed by atoms with Gasteiger partial charge in [-0.15, -0.1) is 0 Å². The normalized spacial score (nSPS) is 9.91. The van der Waals surface area contributed by atoms with Crippen molar-refractivity contribution in [3.63, 3.8) is 0 Å². The van der Waals surface area contributed by atoms with E-state index in [0.717, 1.165) is 3.57 Å². The molecule has 0 aliphatic heterocycles. The first-order valence-electron chi connectivity index (χ1n) is 6.28. The molecule has 22 heavy (non-hydrogen) atoms. The molecule has 2 rings (SSSR count). The number of hydrazine groups is 1. The van der Waals surface area contributed by atoms with Crippen LogP contribution in [0.2, 0.25) is 5.02 Å². The molecule has 7 heteroatoms. The van der Waals surface area contributed by atoms with Gasteiger partial charge in [-0.3, -0.25) is 20.4 Å². The van der Waals surface area contributed by atoms with Crippen molar-refractivity contribution < 1.29 is 14.3 Å². The van der Waals surface area contributed by atoms with Gasteiger partial charge in [0, 0.05) is 8.59 Å². The highest BCUT2D eigenvalue weighted by Gasteiger charge is 2.10. The molecule has 5 nitrogen and oxygen atoms in total. The summed E-state index contributed by atoms with van der Waals surface area (Å²) < 4.78 is 6.06. The number of halogens is 2. The van der Waals surface area contributed by atoms with Crippen molar-refractivity contribution in [3.05, 3.63) is 62.7 Å². The van der Waals surface area contributed by atoms with E-state index < -0.39 is 5.91 Å². The minimum absolute atomic E-state index is 0.214. The van der Waals surface area contributed by atoms with Gasteiger partial charge in [-0.2, -0.15) is 0 Å². The summed E-state index contributed by atoms with van der Waals surface area (Å²) in [4.78, 5) is 23.5. The maximum Gasteiger partial charge on any atom is 0.276 e. The van der Waals surface area contributed by atoms with Crippen molar-refractivity contribution in [2.75, 3.05) is 6.61 Å². The molecular weight excluding hydrogens is 419 g/mol. The van der Waals surface area contributed by atoms with Gasteiger partial charge in [-0.1, -0.05) is 23.7 Å². The highest BCUT2D eigenvalue weighted by Crippen LogP contribution is 2.15. The Labute approximate surface area is 146 Å². The fourth-order valence-electron chi connectivity index (χ4n) is 1.55. The van der Waals surface area contributed by atoms with E-state index in [1.54, 1.807) is 42.5 Å². The van der Waals surface area contributed by atoms with Gasteiger partial charge in [0.05, 0.1) is 5.56 Å². The molecule has 0 aliphatic carbocycles. The quantitative estimate of drug-likeness (QED) is 0.579. The number of rotatable bonds is 4. The van der Waals surface area contributed by atoms with Gasteiger partial charge < -0.3 is 4.74 Å². The van der Waals surface area contributed by atoms with Crippen molar-refractivity contribution in [1.82, 2.24) is 10.9 Å². The molecule has 0 aliphatic rings. The lowest BCUT2D eigenvalue weighted by Crippen LogP contribution is -2.44. The molecule has 0 radical (unpaired) electrons. The van der Waals surface area contributed by atoms with E-state index in [-0.39, 0.29) is 12.5 Å². The number of nitrogens with one attached hydrogen (secondary N) is 2. The van der Waals surface area contributed by atoms with Gasteiger partial charge >= 0.3 is 0 Å². The first-order valence-corrected chi connectivity index (χ1v) is 7.74. The second-order valence-corrected chi connectivity index (χ2v) is 5.82. The first kappa shape index (κ1) is 16.6. The number of benzene rings is 2. The summed E-state index contributed by atoms with van der Waals surface area (Å²) in [7, 11) is 0. The Bertz CT molecular complexity index is 677. The Kier molecular flexibility index (Phi) is 6.02. The topological polar surface area (TPSA) is 67.4 Å². The zero-order valence-electron chi connectivity index (χ0n) is 11.3. The Morgan fingerprint density at radius 1 is 1.05 bits per heavy atom. The number of amides is 2. The average Bonchev–Trinajstić information content (AvgIpc) is 2.52. The lowest BCUT2D eigenvalue weighted by atomic mass is 10.2. The minimum atomic E-state index is -0.464. The first-order chi connectivity index (χ1) is 10.6. The smallest absolute Gasteiger partial charge is 0.276 e. The average molecular weight is 431 g/mol. The van der Waals surface area contributed by atoms with E-state index in [2.05, 4.69) is 33.4 Å². The lowest BCUT2D eigenvalue weighted by Gasteiger charge is -2.09. The molecule has 2 amide bonds. The maximum absolute atomic E-state index is 11.9. The molecule has 0 saturated carbocycles. The lowest BCUT2D eigenvalue weighted by molar-refractivity contribution is -0.123. The van der Waals surface area contributed by atoms with Crippen LogP contribution in [0.4, 0.5) is 0 Å². The number of hydrogen-bond acceptors (Lipinski definition) is 3. The zero-order chi connectivity index (χ0) is 15.9. The van der Waals surface area contributed by atoms with Crippen LogP contribution in [0.5, 0.6) is 5.75 Å². The SMILES string of the molecule is O=C(COc1ccc(Cl)cc1)NNC(=O)c1ccccc1I. The summed E-state index contributed by atoms with van der Waals surface area (Å²) >= 11 is 7.80. The van der Waals surface area contributed by atoms with Crippen molar-refractivity contribution >= 4 is 46.0 Å². The van der Waals surface area contributed by atoms with Crippen molar-refractivity contribution in [3.8, 4) is 5.75 Å². The van der Waals surface area contributed by atoms with Crippen LogP contribution in [0.1, 0.15) is 10.4 Å². The fraction of sp³-hybridized carbons (Fsp3) is 0.0667. The summed E-state index contributed by atoms with van der Waals surface area (Å²) in [6.07, 6.45) is 0. The highest BCUT2D eigenvalue weighted by atomic mass is 127. The van der Waals surface area contributed by atoms with Gasteiger partial charge in [0.25, 0.3) is 11.8 Å². The van der Waals surface area contributed by atoms with E-state index >= 15 is 0 Å². The molecule has 114 valence electrons. The monoisotopic (exact) mass is 430 g/mol. The van der Waals surface area contributed by atoms with E-state index in [4.69, 9.17) is 16.3 Å². The van der Waals surface area contributed by atoms with Crippen LogP contribution in [-0.4, -0.2) is 18.4 Å². The summed E-state index contributed by atoms with van der Waals surface area (Å²) in [5, 5.41) is 0.585. The number of carbonyl (C=O) groups is 2. The van der Waals surface area contributed by atoms with Crippen molar-refractivity contribution in [2.45, 2.75) is 0 Å². The van der Waals surface area contributed by atoms with Gasteiger partial charge in [0.2, 0.25) is 0 Å². The third kappa shape index (κ3) is 4.88. The second kappa shape index (κ2) is 8.00. The number of carbonyl (C=O) groups excluding carboxylic acids is 2. The molecule has 0 bridgehead atoms. The summed E-state index contributed by atoms with van der Waals surface area (Å²) in [5.41, 5.74) is 5.13. The Morgan fingerprint density at radius 3 is 2.41 bits per heavy atom. The number of hydrogen-bond donors (Lipinski definition) is 2. The molecule has 0 aromatic heterocycles. The fourth-order valence-corrected chi connectivity index (χ4v) is 2.31. The van der Waals surface area contributed by atoms with Crippen LogP contribution in [0, 0.1) is 3.57 Å². The van der Waals surface area contributed by atoms with Crippen LogP contribution in [0.25, 0.3) is 0 Å². The molecule has 0 unspecified atom stereocenters. The molecule has 0 saturated heterocycles. The molecule has 2 aromatic carbocycles. The Hall–Kier alpha value is -1.80. The Balaban J connectivity index is 1.79. The minimum Gasteiger partial charge on any atom is -0.484 e. The van der Waals surface area contributed by atoms with Gasteiger partial charge in [-0.05, 0) is 59.0 Å². The third-order valence-corrected chi connectivity index (χ3v) is 3.81. The van der Waals surface area contributed by atoms with Crippen LogP contribution in [-0.2, 0) is 4.79 Å². The predicted octanol–water partition coefficient (Wildman–Crippen LogP) is 2.78. The van der Waals surface area contributed by atoms with E-state index in [1.165, 1.54) is 0 Å². The van der Waals surface area contributed by atoms with Crippen molar-refractivity contribution in [1.29, 1.82) is 0 Å². The van der Waals surface area contributed by atoms with Gasteiger partial charge in [0.1, 0.15) is 5.75 Å². The van der Waals surface area contributed by atoms with E-state index in [0.29, 0.717) is 16.3 Å². The Morgan fingerprint density at radius 2 is 1.73 bits per heavy atom. The predicted molar refractivity (Wildman–Crippen MR) is 91.7 cm³/mol. The molecule has 0 heterocycles. The highest BCUT2D eigenvalue weighted by molar-refractivity contribution is 14.1. The standard InChI is InChI=1S/C15H12ClIN2O3/c16-10-5-7-11(8-6-10)22-9-14(20)18-19-15(21)12-3-1-2-4-13(12)17/h1-8H,9H2,(H,18,20)(H,19,21). The molecule has 2 aromatic rings. The van der Waals surface area contributed by atoms with Crippen LogP contribution in [0.3, 0.4) is 0 Å². The van der Waals surface area contributed by atoms with E-state index in [9.17, 15) is 9.59 Å². The van der Waals surface area contributed by atoms with Crippen LogP contribution >= 0.6 is 34.2 Å². The van der Waals surface area contributed by atoms with Gasteiger partial charge in [0.15, 0.2) is 6.61 Å². The molecular formula is C15H12ClIN2O3. The number of ether oxygens (including phenoxy) is 1. The summed E-state index contributed by atoms with van der Waals surface area (Å²) in [6, 6.07) is 13.7. The maximum atomic E-state index is 11.9. The molecule has 0 fully saturated rings. The summed E-state index contributed by atoms with van der Waals surface area (Å²) in [5.74, 6) is -0.331. The zero-order valence-corrected chi connectivity index (χ0v) is 14.2. The van der Waals surface area contributed by atoms with Crippen molar-refractivity contribution in [2.24, 2.45) is 0 Å². The van der Waals surface area contributed by atoms with Crippen LogP contribution < -0.4 is 15.6 Å². The molecule has 0 atom stereocenters. The third-order valence-electron chi connectivity index (χ3n) is 2.62. The molecule has 0 spiro atoms. The van der Waals surface area contributed by atoms with Crippen LogP contribution in [0.15, 0.2) is 48.5 Å².